The summed E-state index contributed by atoms with van der Waals surface area (Å²) in [5.41, 5.74) is 4.18. The van der Waals surface area contributed by atoms with Crippen molar-refractivity contribution in [3.63, 3.8) is 0 Å². The van der Waals surface area contributed by atoms with Crippen LogP contribution in [0.25, 0.3) is 0 Å². The summed E-state index contributed by atoms with van der Waals surface area (Å²) in [6.07, 6.45) is -0.552. The van der Waals surface area contributed by atoms with Gasteiger partial charge < -0.3 is 5.11 Å². The number of rotatable bonds is 2. The molecule has 2 heteroatoms. The fourth-order valence-electron chi connectivity index (χ4n) is 1.87. The molecule has 2 rings (SSSR count). The van der Waals surface area contributed by atoms with E-state index in [4.69, 9.17) is 0 Å². The maximum Gasteiger partial charge on any atom is 0.104 e. The Labute approximate surface area is 110 Å². The summed E-state index contributed by atoms with van der Waals surface area (Å²) in [4.78, 5) is 0. The molecule has 0 aromatic heterocycles. The van der Waals surface area contributed by atoms with Crippen LogP contribution < -0.4 is 0 Å². The molecule has 0 fully saturated rings. The van der Waals surface area contributed by atoms with E-state index in [-0.39, 0.29) is 0 Å². The first-order valence-electron chi connectivity index (χ1n) is 5.58. The van der Waals surface area contributed by atoms with Gasteiger partial charge in [0.1, 0.15) is 6.10 Å². The van der Waals surface area contributed by atoms with Crippen molar-refractivity contribution in [1.82, 2.24) is 0 Å². The van der Waals surface area contributed by atoms with E-state index in [1.807, 2.05) is 56.3 Å². The number of benzene rings is 2. The second-order valence-corrected chi connectivity index (χ2v) is 5.23. The Hall–Kier alpha value is -1.12. The van der Waals surface area contributed by atoms with E-state index in [1.165, 1.54) is 5.56 Å². The molecule has 2 aromatic rings. The molecule has 0 spiro atoms. The van der Waals surface area contributed by atoms with E-state index in [0.717, 1.165) is 21.2 Å². The molecule has 0 bridgehead atoms. The van der Waals surface area contributed by atoms with E-state index in [1.54, 1.807) is 0 Å². The zero-order chi connectivity index (χ0) is 12.4. The van der Waals surface area contributed by atoms with Gasteiger partial charge in [0.2, 0.25) is 0 Å². The third kappa shape index (κ3) is 2.76. The van der Waals surface area contributed by atoms with Crippen molar-refractivity contribution < 1.29 is 5.11 Å². The molecular formula is C15H15BrO. The van der Waals surface area contributed by atoms with Gasteiger partial charge in [0.05, 0.1) is 0 Å². The fourth-order valence-corrected chi connectivity index (χ4v) is 2.35. The topological polar surface area (TPSA) is 20.2 Å². The number of hydrogen-bond donors (Lipinski definition) is 1. The maximum absolute atomic E-state index is 10.3. The Morgan fingerprint density at radius 2 is 1.65 bits per heavy atom. The van der Waals surface area contributed by atoms with Crippen molar-refractivity contribution in [2.24, 2.45) is 0 Å². The van der Waals surface area contributed by atoms with Gasteiger partial charge in [-0.25, -0.2) is 0 Å². The summed E-state index contributed by atoms with van der Waals surface area (Å²) in [6.45, 7) is 4.05. The second-order valence-electron chi connectivity index (χ2n) is 4.31. The molecule has 1 unspecified atom stereocenters. The minimum atomic E-state index is -0.552. The molecule has 0 radical (unpaired) electrons. The molecule has 1 N–H and O–H groups in total. The Morgan fingerprint density at radius 3 is 2.24 bits per heavy atom. The molecule has 2 aromatic carbocycles. The quantitative estimate of drug-likeness (QED) is 0.881. The van der Waals surface area contributed by atoms with Crippen LogP contribution in [0.5, 0.6) is 0 Å². The molecule has 0 aliphatic carbocycles. The number of aryl methyl sites for hydroxylation is 2. The zero-order valence-electron chi connectivity index (χ0n) is 9.94. The van der Waals surface area contributed by atoms with Crippen LogP contribution in [0.2, 0.25) is 0 Å². The van der Waals surface area contributed by atoms with E-state index in [9.17, 15) is 5.11 Å². The molecule has 88 valence electrons. The van der Waals surface area contributed by atoms with Gasteiger partial charge in [-0.1, -0.05) is 51.8 Å². The third-order valence-electron chi connectivity index (χ3n) is 2.92. The van der Waals surface area contributed by atoms with Crippen molar-refractivity contribution in [3.8, 4) is 0 Å². The smallest absolute Gasteiger partial charge is 0.104 e. The molecule has 1 nitrogen and oxygen atoms in total. The number of aliphatic hydroxyl groups is 1. The SMILES string of the molecule is Cc1ccc(C(O)c2ccc(Br)cc2C)cc1. The highest BCUT2D eigenvalue weighted by Crippen LogP contribution is 2.26. The monoisotopic (exact) mass is 290 g/mol. The highest BCUT2D eigenvalue weighted by atomic mass is 79.9. The Balaban J connectivity index is 2.36. The van der Waals surface area contributed by atoms with Gasteiger partial charge in [-0.3, -0.25) is 0 Å². The minimum Gasteiger partial charge on any atom is -0.384 e. The van der Waals surface area contributed by atoms with E-state index in [2.05, 4.69) is 15.9 Å². The molecule has 17 heavy (non-hydrogen) atoms. The summed E-state index contributed by atoms with van der Waals surface area (Å²) in [7, 11) is 0. The van der Waals surface area contributed by atoms with Gasteiger partial charge in [0.15, 0.2) is 0 Å². The number of aliphatic hydroxyl groups excluding tert-OH is 1. The molecule has 0 aliphatic heterocycles. The third-order valence-corrected chi connectivity index (χ3v) is 3.41. The molecule has 0 aliphatic rings. The predicted molar refractivity (Wildman–Crippen MR) is 74.1 cm³/mol. The molecule has 0 saturated carbocycles. The van der Waals surface area contributed by atoms with Crippen LogP contribution in [-0.4, -0.2) is 5.11 Å². The van der Waals surface area contributed by atoms with Crippen molar-refractivity contribution >= 4 is 15.9 Å². The Bertz CT molecular complexity index is 517. The highest BCUT2D eigenvalue weighted by Gasteiger charge is 2.12. The Kier molecular flexibility index (Phi) is 3.65. The molecule has 0 saturated heterocycles. The lowest BCUT2D eigenvalue weighted by Gasteiger charge is -2.14. The minimum absolute atomic E-state index is 0.552. The van der Waals surface area contributed by atoms with Crippen molar-refractivity contribution in [2.45, 2.75) is 20.0 Å². The summed E-state index contributed by atoms with van der Waals surface area (Å²) in [5, 5.41) is 10.3. The lowest BCUT2D eigenvalue weighted by atomic mass is 9.97. The van der Waals surface area contributed by atoms with Crippen LogP contribution in [0.1, 0.15) is 28.4 Å². The van der Waals surface area contributed by atoms with Crippen molar-refractivity contribution in [2.75, 3.05) is 0 Å². The van der Waals surface area contributed by atoms with Crippen LogP contribution >= 0.6 is 15.9 Å². The van der Waals surface area contributed by atoms with E-state index in [0.29, 0.717) is 0 Å². The summed E-state index contributed by atoms with van der Waals surface area (Å²) in [5.74, 6) is 0. The van der Waals surface area contributed by atoms with Crippen LogP contribution in [0.3, 0.4) is 0 Å². The van der Waals surface area contributed by atoms with Gasteiger partial charge in [-0.15, -0.1) is 0 Å². The second kappa shape index (κ2) is 5.03. The van der Waals surface area contributed by atoms with Gasteiger partial charge in [0, 0.05) is 4.47 Å². The number of hydrogen-bond acceptors (Lipinski definition) is 1. The molecule has 1 atom stereocenters. The number of halogens is 1. The lowest BCUT2D eigenvalue weighted by molar-refractivity contribution is 0.219. The summed E-state index contributed by atoms with van der Waals surface area (Å²) >= 11 is 3.43. The first-order chi connectivity index (χ1) is 8.08. The maximum atomic E-state index is 10.3. The van der Waals surface area contributed by atoms with Crippen LogP contribution in [-0.2, 0) is 0 Å². The van der Waals surface area contributed by atoms with Crippen LogP contribution in [0.15, 0.2) is 46.9 Å². The molecule has 0 amide bonds. The summed E-state index contributed by atoms with van der Waals surface area (Å²) < 4.78 is 1.04. The molecule has 0 heterocycles. The van der Waals surface area contributed by atoms with Gasteiger partial charge in [0.25, 0.3) is 0 Å². The van der Waals surface area contributed by atoms with Crippen LogP contribution in [0.4, 0.5) is 0 Å². The summed E-state index contributed by atoms with van der Waals surface area (Å²) in [6, 6.07) is 13.9. The van der Waals surface area contributed by atoms with E-state index >= 15 is 0 Å². The normalized spacial score (nSPS) is 12.5. The first-order valence-corrected chi connectivity index (χ1v) is 6.38. The van der Waals surface area contributed by atoms with Crippen molar-refractivity contribution in [3.05, 3.63) is 69.2 Å². The van der Waals surface area contributed by atoms with Gasteiger partial charge in [-0.05, 0) is 42.7 Å². The van der Waals surface area contributed by atoms with E-state index < -0.39 is 6.10 Å². The van der Waals surface area contributed by atoms with Gasteiger partial charge >= 0.3 is 0 Å². The Morgan fingerprint density at radius 1 is 1.00 bits per heavy atom. The predicted octanol–water partition coefficient (Wildman–Crippen LogP) is 4.15. The van der Waals surface area contributed by atoms with Gasteiger partial charge in [-0.2, -0.15) is 0 Å². The largest absolute Gasteiger partial charge is 0.384 e. The molecular weight excluding hydrogens is 276 g/mol. The average molecular weight is 291 g/mol. The van der Waals surface area contributed by atoms with Crippen molar-refractivity contribution in [1.29, 1.82) is 0 Å². The fraction of sp³-hybridized carbons (Fsp3) is 0.200. The lowest BCUT2D eigenvalue weighted by Crippen LogP contribution is -2.01. The standard InChI is InChI=1S/C15H15BrO/c1-10-3-5-12(6-4-10)15(17)14-8-7-13(16)9-11(14)2/h3-9,15,17H,1-2H3. The first kappa shape index (κ1) is 12.3. The highest BCUT2D eigenvalue weighted by molar-refractivity contribution is 9.10. The average Bonchev–Trinajstić information content (AvgIpc) is 2.29. The zero-order valence-corrected chi connectivity index (χ0v) is 11.5. The van der Waals surface area contributed by atoms with Crippen LogP contribution in [0, 0.1) is 13.8 Å².